The number of benzene rings is 3. The SMILES string of the molecule is C=Cc1nc2ccc(-c3ccc(C(=O)c4ccc(OC(C)=O)cc4)cc3)c(C)c2c(=O)n1C. The van der Waals surface area contributed by atoms with Gasteiger partial charge < -0.3 is 4.74 Å². The second-order valence-corrected chi connectivity index (χ2v) is 7.70. The van der Waals surface area contributed by atoms with E-state index in [0.29, 0.717) is 33.6 Å². The molecule has 4 aromatic rings. The van der Waals surface area contributed by atoms with Gasteiger partial charge in [0.05, 0.1) is 10.9 Å². The number of hydrogen-bond donors (Lipinski definition) is 0. The minimum absolute atomic E-state index is 0.127. The molecule has 0 saturated carbocycles. The summed E-state index contributed by atoms with van der Waals surface area (Å²) in [5.41, 5.74) is 4.15. The van der Waals surface area contributed by atoms with Gasteiger partial charge in [-0.3, -0.25) is 19.0 Å². The number of rotatable bonds is 5. The summed E-state index contributed by atoms with van der Waals surface area (Å²) in [6.07, 6.45) is 1.56. The Balaban J connectivity index is 1.67. The highest BCUT2D eigenvalue weighted by Crippen LogP contribution is 2.28. The largest absolute Gasteiger partial charge is 0.427 e. The van der Waals surface area contributed by atoms with E-state index in [0.717, 1.165) is 16.7 Å². The minimum Gasteiger partial charge on any atom is -0.427 e. The van der Waals surface area contributed by atoms with Crippen LogP contribution in [0.25, 0.3) is 28.1 Å². The number of aryl methyl sites for hydroxylation is 1. The highest BCUT2D eigenvalue weighted by atomic mass is 16.5. The number of nitrogens with zero attached hydrogens (tertiary/aromatic N) is 2. The monoisotopic (exact) mass is 438 g/mol. The van der Waals surface area contributed by atoms with Crippen molar-refractivity contribution in [1.29, 1.82) is 0 Å². The smallest absolute Gasteiger partial charge is 0.308 e. The summed E-state index contributed by atoms with van der Waals surface area (Å²) in [4.78, 5) is 41.3. The fourth-order valence-electron chi connectivity index (χ4n) is 3.83. The van der Waals surface area contributed by atoms with Crippen molar-refractivity contribution in [3.05, 3.63) is 100 Å². The van der Waals surface area contributed by atoms with Crippen LogP contribution < -0.4 is 10.3 Å². The van der Waals surface area contributed by atoms with Crippen molar-refractivity contribution in [3.63, 3.8) is 0 Å². The van der Waals surface area contributed by atoms with Crippen molar-refractivity contribution in [1.82, 2.24) is 9.55 Å². The average molecular weight is 438 g/mol. The first-order valence-corrected chi connectivity index (χ1v) is 10.4. The predicted molar refractivity (Wildman–Crippen MR) is 128 cm³/mol. The molecule has 6 heteroatoms. The lowest BCUT2D eigenvalue weighted by atomic mass is 9.95. The highest BCUT2D eigenvalue weighted by molar-refractivity contribution is 6.09. The van der Waals surface area contributed by atoms with Crippen LogP contribution >= 0.6 is 0 Å². The molecule has 0 bridgehead atoms. The van der Waals surface area contributed by atoms with E-state index in [9.17, 15) is 14.4 Å². The molecule has 1 aromatic heterocycles. The standard InChI is InChI=1S/C27H22N2O4/c1-5-24-28-23-15-14-22(16(2)25(23)27(32)29(24)4)18-6-8-19(9-7-18)26(31)20-10-12-21(13-11-20)33-17(3)30/h5-15H,1H2,2-4H3. The zero-order valence-corrected chi connectivity index (χ0v) is 18.6. The highest BCUT2D eigenvalue weighted by Gasteiger charge is 2.14. The van der Waals surface area contributed by atoms with E-state index in [1.54, 1.807) is 49.5 Å². The van der Waals surface area contributed by atoms with E-state index in [1.165, 1.54) is 11.5 Å². The number of esters is 1. The molecule has 4 rings (SSSR count). The topological polar surface area (TPSA) is 78.3 Å². The Bertz CT molecular complexity index is 1460. The number of fused-ring (bicyclic) bond motifs is 1. The van der Waals surface area contributed by atoms with E-state index in [2.05, 4.69) is 11.6 Å². The fourth-order valence-corrected chi connectivity index (χ4v) is 3.83. The molecular formula is C27H22N2O4. The lowest BCUT2D eigenvalue weighted by Crippen LogP contribution is -2.21. The lowest BCUT2D eigenvalue weighted by Gasteiger charge is -2.12. The molecular weight excluding hydrogens is 416 g/mol. The minimum atomic E-state index is -0.413. The summed E-state index contributed by atoms with van der Waals surface area (Å²) in [5, 5.41) is 0.564. The van der Waals surface area contributed by atoms with Crippen LogP contribution in [0.15, 0.2) is 72.0 Å². The molecule has 0 radical (unpaired) electrons. The second-order valence-electron chi connectivity index (χ2n) is 7.70. The molecule has 0 aliphatic carbocycles. The van der Waals surface area contributed by atoms with E-state index in [4.69, 9.17) is 4.74 Å². The van der Waals surface area contributed by atoms with Gasteiger partial charge in [0.2, 0.25) is 0 Å². The van der Waals surface area contributed by atoms with Crippen molar-refractivity contribution in [2.75, 3.05) is 0 Å². The normalized spacial score (nSPS) is 10.8. The van der Waals surface area contributed by atoms with Crippen LogP contribution in [0, 0.1) is 6.92 Å². The maximum Gasteiger partial charge on any atom is 0.308 e. The van der Waals surface area contributed by atoms with E-state index in [1.807, 2.05) is 31.2 Å². The summed E-state index contributed by atoms with van der Waals surface area (Å²) in [6.45, 7) is 6.94. The van der Waals surface area contributed by atoms with Crippen LogP contribution in [0.5, 0.6) is 5.75 Å². The number of ketones is 1. The zero-order valence-electron chi connectivity index (χ0n) is 18.6. The molecule has 0 fully saturated rings. The van der Waals surface area contributed by atoms with Gasteiger partial charge in [-0.1, -0.05) is 36.9 Å². The maximum absolute atomic E-state index is 12.9. The van der Waals surface area contributed by atoms with Crippen LogP contribution in [0.3, 0.4) is 0 Å². The first-order valence-electron chi connectivity index (χ1n) is 10.4. The first kappa shape index (κ1) is 21.9. The maximum atomic E-state index is 12.9. The summed E-state index contributed by atoms with van der Waals surface area (Å²) in [6, 6.07) is 17.5. The first-order chi connectivity index (χ1) is 15.8. The Morgan fingerprint density at radius 3 is 2.15 bits per heavy atom. The Hall–Kier alpha value is -4.32. The number of carbonyl (C=O) groups excluding carboxylic acids is 2. The molecule has 0 N–H and O–H groups in total. The summed E-state index contributed by atoms with van der Waals surface area (Å²) >= 11 is 0. The molecule has 0 spiro atoms. The summed E-state index contributed by atoms with van der Waals surface area (Å²) in [7, 11) is 1.68. The predicted octanol–water partition coefficient (Wildman–Crippen LogP) is 4.71. The van der Waals surface area contributed by atoms with Gasteiger partial charge in [-0.25, -0.2) is 4.98 Å². The molecule has 0 saturated heterocycles. The number of aromatic nitrogens is 2. The second kappa shape index (κ2) is 8.67. The van der Waals surface area contributed by atoms with Gasteiger partial charge in [0, 0.05) is 25.1 Å². The molecule has 0 unspecified atom stereocenters. The van der Waals surface area contributed by atoms with Crippen LogP contribution in [-0.2, 0) is 11.8 Å². The van der Waals surface area contributed by atoms with Crippen molar-refractivity contribution in [2.24, 2.45) is 7.05 Å². The third-order valence-corrected chi connectivity index (χ3v) is 5.56. The number of carbonyl (C=O) groups is 2. The Morgan fingerprint density at radius 2 is 1.58 bits per heavy atom. The van der Waals surface area contributed by atoms with Gasteiger partial charge in [-0.05, 0) is 60.0 Å². The molecule has 164 valence electrons. The molecule has 0 aliphatic rings. The molecule has 3 aromatic carbocycles. The van der Waals surface area contributed by atoms with Crippen LogP contribution in [-0.4, -0.2) is 21.3 Å². The summed E-state index contributed by atoms with van der Waals surface area (Å²) < 4.78 is 6.49. The number of ether oxygens (including phenoxy) is 1. The third kappa shape index (κ3) is 4.11. The van der Waals surface area contributed by atoms with Crippen LogP contribution in [0.4, 0.5) is 0 Å². The van der Waals surface area contributed by atoms with Crippen molar-refractivity contribution >= 4 is 28.7 Å². The van der Waals surface area contributed by atoms with Crippen LogP contribution in [0.1, 0.15) is 34.2 Å². The van der Waals surface area contributed by atoms with Gasteiger partial charge >= 0.3 is 5.97 Å². The molecule has 1 heterocycles. The quantitative estimate of drug-likeness (QED) is 0.256. The van der Waals surface area contributed by atoms with Crippen molar-refractivity contribution in [2.45, 2.75) is 13.8 Å². The third-order valence-electron chi connectivity index (χ3n) is 5.56. The van der Waals surface area contributed by atoms with Gasteiger partial charge in [-0.2, -0.15) is 0 Å². The van der Waals surface area contributed by atoms with Crippen LogP contribution in [0.2, 0.25) is 0 Å². The Kier molecular flexibility index (Phi) is 5.75. The lowest BCUT2D eigenvalue weighted by molar-refractivity contribution is -0.131. The molecule has 0 amide bonds. The Morgan fingerprint density at radius 1 is 0.970 bits per heavy atom. The number of hydrogen-bond acceptors (Lipinski definition) is 5. The van der Waals surface area contributed by atoms with Gasteiger partial charge in [0.1, 0.15) is 11.6 Å². The molecule has 6 nitrogen and oxygen atoms in total. The fraction of sp³-hybridized carbons (Fsp3) is 0.111. The van der Waals surface area contributed by atoms with E-state index < -0.39 is 5.97 Å². The summed E-state index contributed by atoms with van der Waals surface area (Å²) in [5.74, 6) is 0.357. The van der Waals surface area contributed by atoms with E-state index in [-0.39, 0.29) is 11.3 Å². The van der Waals surface area contributed by atoms with Gasteiger partial charge in [0.25, 0.3) is 5.56 Å². The average Bonchev–Trinajstić information content (AvgIpc) is 2.81. The van der Waals surface area contributed by atoms with Gasteiger partial charge in [0.15, 0.2) is 5.78 Å². The van der Waals surface area contributed by atoms with Crippen molar-refractivity contribution < 1.29 is 14.3 Å². The van der Waals surface area contributed by atoms with Gasteiger partial charge in [-0.15, -0.1) is 0 Å². The van der Waals surface area contributed by atoms with E-state index >= 15 is 0 Å². The molecule has 0 atom stereocenters. The molecule has 33 heavy (non-hydrogen) atoms. The molecule has 0 aliphatic heterocycles. The van der Waals surface area contributed by atoms with Crippen molar-refractivity contribution in [3.8, 4) is 16.9 Å². The zero-order chi connectivity index (χ0) is 23.7. The Labute approximate surface area is 190 Å².